The number of thioether (sulfide) groups is 2. The minimum Gasteiger partial charge on any atom is -0.480 e. The molecule has 0 saturated heterocycles. The molecule has 7 nitrogen and oxygen atoms in total. The Labute approximate surface area is 133 Å². The van der Waals surface area contributed by atoms with Gasteiger partial charge in [0.25, 0.3) is 0 Å². The Morgan fingerprint density at radius 3 is 2.00 bits per heavy atom. The summed E-state index contributed by atoms with van der Waals surface area (Å²) >= 11 is 3.05. The van der Waals surface area contributed by atoms with Crippen molar-refractivity contribution in [3.05, 3.63) is 0 Å². The Kier molecular flexibility index (Phi) is 11.2. The van der Waals surface area contributed by atoms with Crippen molar-refractivity contribution in [1.29, 1.82) is 0 Å². The summed E-state index contributed by atoms with van der Waals surface area (Å²) in [4.78, 5) is 34.6. The van der Waals surface area contributed by atoms with E-state index >= 15 is 0 Å². The molecule has 0 spiro atoms. The maximum Gasteiger partial charge on any atom is 0.326 e. The fourth-order valence-electron chi connectivity index (χ4n) is 1.52. The average Bonchev–Trinajstić information content (AvgIpc) is 2.46. The van der Waals surface area contributed by atoms with Gasteiger partial charge in [0.1, 0.15) is 12.1 Å². The normalized spacial score (nSPS) is 13.3. The van der Waals surface area contributed by atoms with Gasteiger partial charge in [0, 0.05) is 0 Å². The number of carboxylic acids is 1. The van der Waals surface area contributed by atoms with Crippen LogP contribution in [0.4, 0.5) is 0 Å². The molecule has 122 valence electrons. The summed E-state index contributed by atoms with van der Waals surface area (Å²) in [7, 11) is 0. The number of nitrogens with one attached hydrogen (secondary N) is 2. The summed E-state index contributed by atoms with van der Waals surface area (Å²) in [5.41, 5.74) is 5.22. The molecule has 0 aliphatic carbocycles. The molecule has 0 aliphatic heterocycles. The lowest BCUT2D eigenvalue weighted by atomic mass is 10.1. The smallest absolute Gasteiger partial charge is 0.326 e. The minimum absolute atomic E-state index is 0.210. The van der Waals surface area contributed by atoms with Gasteiger partial charge in [0.15, 0.2) is 0 Å². The number of hydrogen-bond donors (Lipinski definition) is 4. The van der Waals surface area contributed by atoms with Crippen LogP contribution in [0.5, 0.6) is 0 Å². The number of carboxylic acid groups (broad SMARTS) is 1. The van der Waals surface area contributed by atoms with E-state index < -0.39 is 29.9 Å². The van der Waals surface area contributed by atoms with Gasteiger partial charge in [-0.3, -0.25) is 9.59 Å². The SMILES string of the molecule is CSCC[C@H](NC(=O)[C@H](CCSC)NC(=O)CN)C(=O)O. The highest BCUT2D eigenvalue weighted by atomic mass is 32.2. The molecule has 0 heterocycles. The Bertz CT molecular complexity index is 355. The number of carbonyl (C=O) groups is 3. The molecule has 9 heteroatoms. The lowest BCUT2D eigenvalue weighted by Crippen LogP contribution is -2.52. The fourth-order valence-corrected chi connectivity index (χ4v) is 2.47. The first-order valence-electron chi connectivity index (χ1n) is 6.46. The summed E-state index contributed by atoms with van der Waals surface area (Å²) in [5.74, 6) is -0.703. The van der Waals surface area contributed by atoms with E-state index in [9.17, 15) is 14.4 Å². The van der Waals surface area contributed by atoms with Crippen molar-refractivity contribution in [3.8, 4) is 0 Å². The molecule has 0 aromatic carbocycles. The number of carbonyl (C=O) groups excluding carboxylic acids is 2. The minimum atomic E-state index is -1.08. The van der Waals surface area contributed by atoms with Gasteiger partial charge >= 0.3 is 5.97 Å². The van der Waals surface area contributed by atoms with Crippen LogP contribution in [0.1, 0.15) is 12.8 Å². The first-order chi connectivity index (χ1) is 9.96. The van der Waals surface area contributed by atoms with Gasteiger partial charge in [-0.1, -0.05) is 0 Å². The lowest BCUT2D eigenvalue weighted by Gasteiger charge is -2.21. The zero-order valence-electron chi connectivity index (χ0n) is 12.3. The molecular formula is C12H23N3O4S2. The van der Waals surface area contributed by atoms with Crippen LogP contribution < -0.4 is 16.4 Å². The second-order valence-corrected chi connectivity index (χ2v) is 6.26. The van der Waals surface area contributed by atoms with Crippen LogP contribution in [-0.2, 0) is 14.4 Å². The molecule has 0 rings (SSSR count). The Morgan fingerprint density at radius 2 is 1.57 bits per heavy atom. The van der Waals surface area contributed by atoms with E-state index in [0.717, 1.165) is 0 Å². The molecule has 2 amide bonds. The third kappa shape index (κ3) is 8.84. The summed E-state index contributed by atoms with van der Waals surface area (Å²) in [6.45, 7) is -0.210. The number of nitrogens with two attached hydrogens (primary N) is 1. The van der Waals surface area contributed by atoms with Crippen LogP contribution in [0.3, 0.4) is 0 Å². The van der Waals surface area contributed by atoms with Crippen molar-refractivity contribution in [2.75, 3.05) is 30.6 Å². The van der Waals surface area contributed by atoms with E-state index in [1.165, 1.54) is 23.5 Å². The molecule has 5 N–H and O–H groups in total. The highest BCUT2D eigenvalue weighted by Gasteiger charge is 2.25. The summed E-state index contributed by atoms with van der Waals surface area (Å²) < 4.78 is 0. The van der Waals surface area contributed by atoms with Crippen molar-refractivity contribution < 1.29 is 19.5 Å². The number of hydrogen-bond acceptors (Lipinski definition) is 6. The van der Waals surface area contributed by atoms with Gasteiger partial charge in [-0.25, -0.2) is 4.79 Å². The molecular weight excluding hydrogens is 314 g/mol. The molecule has 2 atom stereocenters. The van der Waals surface area contributed by atoms with Crippen LogP contribution in [0.2, 0.25) is 0 Å². The molecule has 0 aliphatic rings. The van der Waals surface area contributed by atoms with Gasteiger partial charge in [-0.05, 0) is 36.9 Å². The van der Waals surface area contributed by atoms with Crippen LogP contribution in [0, 0.1) is 0 Å². The van der Waals surface area contributed by atoms with Gasteiger partial charge in [-0.2, -0.15) is 23.5 Å². The van der Waals surface area contributed by atoms with Gasteiger partial charge in [0.05, 0.1) is 6.54 Å². The highest BCUT2D eigenvalue weighted by Crippen LogP contribution is 2.04. The molecule has 0 bridgehead atoms. The molecule has 0 radical (unpaired) electrons. The van der Waals surface area contributed by atoms with Gasteiger partial charge in [0.2, 0.25) is 11.8 Å². The predicted octanol–water partition coefficient (Wildman–Crippen LogP) is -0.494. The van der Waals surface area contributed by atoms with E-state index in [0.29, 0.717) is 24.3 Å². The fraction of sp³-hybridized carbons (Fsp3) is 0.750. The molecule has 0 aromatic rings. The third-order valence-electron chi connectivity index (χ3n) is 2.67. The standard InChI is InChI=1S/C12H23N3O4S2/c1-20-5-3-8(14-10(16)7-13)11(17)15-9(12(18)19)4-6-21-2/h8-9H,3-7,13H2,1-2H3,(H,14,16)(H,15,17)(H,18,19)/t8-,9-/m0/s1. The largest absolute Gasteiger partial charge is 0.480 e. The van der Waals surface area contributed by atoms with Crippen molar-refractivity contribution in [2.45, 2.75) is 24.9 Å². The quantitative estimate of drug-likeness (QED) is 0.401. The number of aliphatic carboxylic acids is 1. The predicted molar refractivity (Wildman–Crippen MR) is 86.5 cm³/mol. The van der Waals surface area contributed by atoms with Crippen LogP contribution in [-0.4, -0.2) is 65.5 Å². The zero-order chi connectivity index (χ0) is 16.3. The summed E-state index contributed by atoms with van der Waals surface area (Å²) in [5, 5.41) is 14.1. The number of rotatable bonds is 11. The maximum atomic E-state index is 12.1. The zero-order valence-corrected chi connectivity index (χ0v) is 13.9. The van der Waals surface area contributed by atoms with E-state index in [1.54, 1.807) is 0 Å². The summed E-state index contributed by atoms with van der Waals surface area (Å²) in [6, 6.07) is -1.71. The lowest BCUT2D eigenvalue weighted by molar-refractivity contribution is -0.142. The third-order valence-corrected chi connectivity index (χ3v) is 3.96. The topological polar surface area (TPSA) is 122 Å². The van der Waals surface area contributed by atoms with Crippen LogP contribution in [0.25, 0.3) is 0 Å². The van der Waals surface area contributed by atoms with E-state index in [1.807, 2.05) is 12.5 Å². The van der Waals surface area contributed by atoms with Crippen LogP contribution >= 0.6 is 23.5 Å². The van der Waals surface area contributed by atoms with Crippen molar-refractivity contribution in [2.24, 2.45) is 5.73 Å². The average molecular weight is 337 g/mol. The first-order valence-corrected chi connectivity index (χ1v) is 9.25. The molecule has 21 heavy (non-hydrogen) atoms. The van der Waals surface area contributed by atoms with E-state index in [4.69, 9.17) is 10.8 Å². The van der Waals surface area contributed by atoms with Gasteiger partial charge < -0.3 is 21.5 Å². The molecule has 0 unspecified atom stereocenters. The van der Waals surface area contributed by atoms with Crippen molar-refractivity contribution in [3.63, 3.8) is 0 Å². The monoisotopic (exact) mass is 337 g/mol. The Morgan fingerprint density at radius 1 is 1.05 bits per heavy atom. The molecule has 0 fully saturated rings. The first kappa shape index (κ1) is 20.1. The van der Waals surface area contributed by atoms with Gasteiger partial charge in [-0.15, -0.1) is 0 Å². The van der Waals surface area contributed by atoms with E-state index in [-0.39, 0.29) is 6.54 Å². The maximum absolute atomic E-state index is 12.1. The van der Waals surface area contributed by atoms with Crippen molar-refractivity contribution >= 4 is 41.3 Å². The van der Waals surface area contributed by atoms with Crippen molar-refractivity contribution in [1.82, 2.24) is 10.6 Å². The number of amides is 2. The summed E-state index contributed by atoms with van der Waals surface area (Å²) in [6.07, 6.45) is 4.51. The Balaban J connectivity index is 4.66. The highest BCUT2D eigenvalue weighted by molar-refractivity contribution is 7.98. The molecule has 0 saturated carbocycles. The second kappa shape index (κ2) is 11.7. The molecule has 0 aromatic heterocycles. The second-order valence-electron chi connectivity index (χ2n) is 4.29. The van der Waals surface area contributed by atoms with E-state index in [2.05, 4.69) is 10.6 Å². The Hall–Kier alpha value is -0.930. The van der Waals surface area contributed by atoms with Crippen LogP contribution in [0.15, 0.2) is 0 Å².